The Bertz CT molecular complexity index is 390. The van der Waals surface area contributed by atoms with E-state index in [1.54, 1.807) is 6.07 Å². The van der Waals surface area contributed by atoms with Crippen molar-refractivity contribution in [3.8, 4) is 5.75 Å². The molecular weight excluding hydrogens is 248 g/mol. The summed E-state index contributed by atoms with van der Waals surface area (Å²) in [4.78, 5) is 19.8. The van der Waals surface area contributed by atoms with Crippen LogP contribution < -0.4 is 0 Å². The fraction of sp³-hybridized carbons (Fsp3) is 0.429. The van der Waals surface area contributed by atoms with Gasteiger partial charge in [0, 0.05) is 12.8 Å². The average molecular weight is 268 g/mol. The number of phenolic OH excluding ortho intramolecular Hbond substituents is 1. The number of carboxylic acid groups (broad SMARTS) is 2. The first-order valence-corrected chi connectivity index (χ1v) is 6.03. The zero-order valence-electron chi connectivity index (χ0n) is 11.2. The number of carboxylic acids is 2. The molecule has 5 nitrogen and oxygen atoms in total. The van der Waals surface area contributed by atoms with Gasteiger partial charge in [-0.2, -0.15) is 0 Å². The Balaban J connectivity index is 0.000000342. The molecule has 1 rings (SSSR count). The number of unbranched alkanes of at least 4 members (excludes halogenated alkanes) is 1. The average Bonchev–Trinajstić information content (AvgIpc) is 2.32. The van der Waals surface area contributed by atoms with Crippen LogP contribution in [-0.4, -0.2) is 27.3 Å². The molecule has 0 atom stereocenters. The predicted molar refractivity (Wildman–Crippen MR) is 71.3 cm³/mol. The monoisotopic (exact) mass is 268 g/mol. The molecule has 5 heteroatoms. The Labute approximate surface area is 112 Å². The number of hydrogen-bond donors (Lipinski definition) is 3. The molecule has 1 aromatic carbocycles. The third-order valence-electron chi connectivity index (χ3n) is 2.61. The molecule has 0 fully saturated rings. The lowest BCUT2D eigenvalue weighted by Gasteiger charge is -1.99. The van der Waals surface area contributed by atoms with Gasteiger partial charge in [-0.25, -0.2) is 0 Å². The van der Waals surface area contributed by atoms with Gasteiger partial charge in [0.2, 0.25) is 0 Å². The number of aryl methyl sites for hydroxylation is 1. The van der Waals surface area contributed by atoms with Gasteiger partial charge < -0.3 is 15.3 Å². The summed E-state index contributed by atoms with van der Waals surface area (Å²) < 4.78 is 0. The molecule has 0 saturated carbocycles. The first-order chi connectivity index (χ1) is 8.84. The first-order valence-electron chi connectivity index (χ1n) is 6.03. The highest BCUT2D eigenvalue weighted by Crippen LogP contribution is 2.17. The molecule has 0 saturated heterocycles. The summed E-state index contributed by atoms with van der Waals surface area (Å²) in [5.74, 6) is -1.36. The van der Waals surface area contributed by atoms with Crippen molar-refractivity contribution in [3.63, 3.8) is 0 Å². The van der Waals surface area contributed by atoms with Crippen molar-refractivity contribution in [1.82, 2.24) is 0 Å². The summed E-state index contributed by atoms with van der Waals surface area (Å²) in [7, 11) is 0. The maximum Gasteiger partial charge on any atom is 0.303 e. The van der Waals surface area contributed by atoms with Crippen molar-refractivity contribution in [1.29, 1.82) is 0 Å². The fourth-order valence-electron chi connectivity index (χ4n) is 1.29. The molecule has 0 aliphatic heterocycles. The highest BCUT2D eigenvalue weighted by molar-refractivity contribution is 5.67. The third-order valence-corrected chi connectivity index (χ3v) is 2.61. The Morgan fingerprint density at radius 3 is 1.79 bits per heavy atom. The number of rotatable bonds is 5. The van der Waals surface area contributed by atoms with Crippen LogP contribution in [0.1, 0.15) is 36.8 Å². The van der Waals surface area contributed by atoms with Crippen LogP contribution >= 0.6 is 0 Å². The SMILES string of the molecule is Cc1cccc(O)c1C.O=C(O)CCCCC(=O)O. The number of carbonyl (C=O) groups is 2. The Hall–Kier alpha value is -2.04. The second-order valence-corrected chi connectivity index (χ2v) is 4.21. The molecule has 0 heterocycles. The van der Waals surface area contributed by atoms with Gasteiger partial charge in [-0.3, -0.25) is 9.59 Å². The molecule has 106 valence electrons. The highest BCUT2D eigenvalue weighted by Gasteiger charge is 1.99. The van der Waals surface area contributed by atoms with E-state index in [4.69, 9.17) is 15.3 Å². The first kappa shape index (κ1) is 17.0. The Morgan fingerprint density at radius 1 is 1.00 bits per heavy atom. The van der Waals surface area contributed by atoms with E-state index in [1.807, 2.05) is 26.0 Å². The van der Waals surface area contributed by atoms with Gasteiger partial charge in [0.15, 0.2) is 0 Å². The van der Waals surface area contributed by atoms with Crippen molar-refractivity contribution in [2.45, 2.75) is 39.5 Å². The smallest absolute Gasteiger partial charge is 0.303 e. The molecule has 0 bridgehead atoms. The quantitative estimate of drug-likeness (QED) is 0.714. The number of aliphatic carboxylic acids is 2. The second kappa shape index (κ2) is 8.97. The lowest BCUT2D eigenvalue weighted by atomic mass is 10.1. The normalized spacial score (nSPS) is 9.37. The van der Waals surface area contributed by atoms with Crippen LogP contribution in [0, 0.1) is 13.8 Å². The highest BCUT2D eigenvalue weighted by atomic mass is 16.4. The Morgan fingerprint density at radius 2 is 1.47 bits per heavy atom. The van der Waals surface area contributed by atoms with Crippen molar-refractivity contribution in [2.24, 2.45) is 0 Å². The zero-order chi connectivity index (χ0) is 14.8. The van der Waals surface area contributed by atoms with E-state index in [0.717, 1.165) is 11.1 Å². The van der Waals surface area contributed by atoms with E-state index in [0.29, 0.717) is 18.6 Å². The van der Waals surface area contributed by atoms with E-state index in [-0.39, 0.29) is 12.8 Å². The van der Waals surface area contributed by atoms with E-state index >= 15 is 0 Å². The van der Waals surface area contributed by atoms with Crippen LogP contribution in [-0.2, 0) is 9.59 Å². The topological polar surface area (TPSA) is 94.8 Å². The Kier molecular flexibility index (Phi) is 8.00. The largest absolute Gasteiger partial charge is 0.508 e. The van der Waals surface area contributed by atoms with Crippen molar-refractivity contribution in [3.05, 3.63) is 29.3 Å². The van der Waals surface area contributed by atoms with Gasteiger partial charge in [-0.05, 0) is 43.9 Å². The lowest BCUT2D eigenvalue weighted by Crippen LogP contribution is -1.97. The summed E-state index contributed by atoms with van der Waals surface area (Å²) in [6, 6.07) is 5.52. The molecule has 0 amide bonds. The minimum atomic E-state index is -0.870. The lowest BCUT2D eigenvalue weighted by molar-refractivity contribution is -0.139. The van der Waals surface area contributed by atoms with Gasteiger partial charge in [0.1, 0.15) is 5.75 Å². The summed E-state index contributed by atoms with van der Waals surface area (Å²) >= 11 is 0. The predicted octanol–water partition coefficient (Wildman–Crippen LogP) is 2.73. The summed E-state index contributed by atoms with van der Waals surface area (Å²) in [5, 5.41) is 25.4. The standard InChI is InChI=1S/C8H10O.C6H10O4/c1-6-4-3-5-8(9)7(6)2;7-5(8)3-1-2-4-6(9)10/h3-5,9H,1-2H3;1-4H2,(H,7,8)(H,9,10). The number of aromatic hydroxyl groups is 1. The van der Waals surface area contributed by atoms with Gasteiger partial charge in [-0.15, -0.1) is 0 Å². The molecule has 0 unspecified atom stereocenters. The molecule has 3 N–H and O–H groups in total. The van der Waals surface area contributed by atoms with Crippen molar-refractivity contribution < 1.29 is 24.9 Å². The molecule has 19 heavy (non-hydrogen) atoms. The van der Waals surface area contributed by atoms with Crippen molar-refractivity contribution >= 4 is 11.9 Å². The molecule has 0 spiro atoms. The maximum absolute atomic E-state index is 9.90. The van der Waals surface area contributed by atoms with E-state index in [1.165, 1.54) is 0 Å². The van der Waals surface area contributed by atoms with E-state index in [9.17, 15) is 9.59 Å². The van der Waals surface area contributed by atoms with Gasteiger partial charge in [-0.1, -0.05) is 12.1 Å². The number of benzene rings is 1. The maximum atomic E-state index is 9.90. The van der Waals surface area contributed by atoms with Crippen LogP contribution in [0.3, 0.4) is 0 Å². The molecule has 0 aliphatic rings. The van der Waals surface area contributed by atoms with Crippen LogP contribution in [0.4, 0.5) is 0 Å². The minimum absolute atomic E-state index is 0.0628. The molecular formula is C14H20O5. The molecule has 0 radical (unpaired) electrons. The van der Waals surface area contributed by atoms with Crippen molar-refractivity contribution in [2.75, 3.05) is 0 Å². The van der Waals surface area contributed by atoms with E-state index in [2.05, 4.69) is 0 Å². The van der Waals surface area contributed by atoms with Gasteiger partial charge >= 0.3 is 11.9 Å². The van der Waals surface area contributed by atoms with Crippen LogP contribution in [0.2, 0.25) is 0 Å². The summed E-state index contributed by atoms with van der Waals surface area (Å²) in [5.41, 5.74) is 2.10. The molecule has 1 aromatic rings. The number of hydrogen-bond acceptors (Lipinski definition) is 3. The number of phenols is 1. The fourth-order valence-corrected chi connectivity index (χ4v) is 1.29. The van der Waals surface area contributed by atoms with Gasteiger partial charge in [0.25, 0.3) is 0 Å². The second-order valence-electron chi connectivity index (χ2n) is 4.21. The van der Waals surface area contributed by atoms with Gasteiger partial charge in [0.05, 0.1) is 0 Å². The van der Waals surface area contributed by atoms with Crippen LogP contribution in [0.25, 0.3) is 0 Å². The summed E-state index contributed by atoms with van der Waals surface area (Å²) in [6.07, 6.45) is 1.02. The summed E-state index contributed by atoms with van der Waals surface area (Å²) in [6.45, 7) is 3.89. The minimum Gasteiger partial charge on any atom is -0.508 e. The van der Waals surface area contributed by atoms with Crippen LogP contribution in [0.15, 0.2) is 18.2 Å². The van der Waals surface area contributed by atoms with Crippen LogP contribution in [0.5, 0.6) is 5.75 Å². The third kappa shape index (κ3) is 8.65. The zero-order valence-corrected chi connectivity index (χ0v) is 11.2. The van der Waals surface area contributed by atoms with E-state index < -0.39 is 11.9 Å². The molecule has 0 aliphatic carbocycles. The molecule has 0 aromatic heterocycles.